The third-order valence-electron chi connectivity index (χ3n) is 7.64. The fourth-order valence-electron chi connectivity index (χ4n) is 4.63. The largest absolute Gasteiger partial charge is 0.494 e. The average Bonchev–Trinajstić information content (AvgIpc) is 3.06. The van der Waals surface area contributed by atoms with Crippen molar-refractivity contribution in [1.29, 1.82) is 0 Å². The molecule has 1 amide bonds. The van der Waals surface area contributed by atoms with Gasteiger partial charge in [0.25, 0.3) is 0 Å². The Morgan fingerprint density at radius 2 is 1.79 bits per heavy atom. The summed E-state index contributed by atoms with van der Waals surface area (Å²) in [4.78, 5) is 24.0. The third kappa shape index (κ3) is 9.43. The van der Waals surface area contributed by atoms with Crippen molar-refractivity contribution in [3.8, 4) is 0 Å². The van der Waals surface area contributed by atoms with Crippen LogP contribution >= 0.6 is 0 Å². The SMILES string of the molecule is C=CCC.CC.CCc1cc(B2OC(C)(C)C(C)(C)O2)cc2cnc(NC3CCCCN(C(=O)OC(C)(C)C)C3)nc12. The number of carbonyl (C=O) groups excluding carboxylic acids is 1. The van der Waals surface area contributed by atoms with Crippen molar-refractivity contribution in [2.75, 3.05) is 18.4 Å². The molecule has 3 heterocycles. The van der Waals surface area contributed by atoms with Gasteiger partial charge in [0.15, 0.2) is 0 Å². The van der Waals surface area contributed by atoms with Gasteiger partial charge < -0.3 is 24.3 Å². The van der Waals surface area contributed by atoms with Gasteiger partial charge in [0.05, 0.1) is 16.7 Å². The number of rotatable bonds is 5. The molecule has 4 rings (SSSR count). The molecular formula is C33H55BN4O4. The Kier molecular flexibility index (Phi) is 12.9. The molecule has 0 saturated carbocycles. The van der Waals surface area contributed by atoms with Crippen LogP contribution in [0.4, 0.5) is 10.7 Å². The molecule has 234 valence electrons. The lowest BCUT2D eigenvalue weighted by Crippen LogP contribution is -2.42. The van der Waals surface area contributed by atoms with Crippen LogP contribution < -0.4 is 10.8 Å². The first kappa shape index (κ1) is 35.6. The predicted octanol–water partition coefficient (Wildman–Crippen LogP) is 7.30. The lowest BCUT2D eigenvalue weighted by molar-refractivity contribution is 0.00578. The second-order valence-electron chi connectivity index (χ2n) is 12.7. The van der Waals surface area contributed by atoms with Crippen molar-refractivity contribution in [3.63, 3.8) is 0 Å². The van der Waals surface area contributed by atoms with Gasteiger partial charge in [-0.25, -0.2) is 14.8 Å². The number of carbonyl (C=O) groups is 1. The van der Waals surface area contributed by atoms with E-state index in [0.29, 0.717) is 19.0 Å². The van der Waals surface area contributed by atoms with Gasteiger partial charge in [0, 0.05) is 30.7 Å². The normalized spacial score (nSPS) is 19.5. The number of aryl methyl sites for hydroxylation is 1. The quantitative estimate of drug-likeness (QED) is 0.292. The number of fused-ring (bicyclic) bond motifs is 1. The lowest BCUT2D eigenvalue weighted by Gasteiger charge is -2.32. The monoisotopic (exact) mass is 582 g/mol. The highest BCUT2D eigenvalue weighted by Crippen LogP contribution is 2.36. The topological polar surface area (TPSA) is 85.8 Å². The van der Waals surface area contributed by atoms with Crippen LogP contribution in [0.5, 0.6) is 0 Å². The lowest BCUT2D eigenvalue weighted by atomic mass is 9.77. The zero-order chi connectivity index (χ0) is 31.7. The number of aromatic nitrogens is 2. The first-order valence-corrected chi connectivity index (χ1v) is 15.7. The molecule has 2 saturated heterocycles. The Morgan fingerprint density at radius 1 is 1.17 bits per heavy atom. The van der Waals surface area contributed by atoms with E-state index in [-0.39, 0.29) is 12.1 Å². The summed E-state index contributed by atoms with van der Waals surface area (Å²) in [6.07, 6.45) is 8.32. The van der Waals surface area contributed by atoms with Gasteiger partial charge in [-0.15, -0.1) is 6.58 Å². The molecule has 9 heteroatoms. The summed E-state index contributed by atoms with van der Waals surface area (Å²) >= 11 is 0. The first-order valence-electron chi connectivity index (χ1n) is 15.7. The van der Waals surface area contributed by atoms with Crippen LogP contribution in [0.1, 0.15) is 107 Å². The molecule has 1 aromatic heterocycles. The predicted molar refractivity (Wildman–Crippen MR) is 176 cm³/mol. The molecule has 8 nitrogen and oxygen atoms in total. The Bertz CT molecular complexity index is 1160. The zero-order valence-electron chi connectivity index (χ0n) is 28.1. The molecule has 2 aromatic rings. The van der Waals surface area contributed by atoms with E-state index < -0.39 is 23.9 Å². The maximum atomic E-state index is 12.7. The van der Waals surface area contributed by atoms with E-state index in [9.17, 15) is 4.79 Å². The highest BCUT2D eigenvalue weighted by Gasteiger charge is 2.51. The highest BCUT2D eigenvalue weighted by molar-refractivity contribution is 6.62. The summed E-state index contributed by atoms with van der Waals surface area (Å²) in [5.74, 6) is 0.580. The summed E-state index contributed by atoms with van der Waals surface area (Å²) in [7, 11) is -0.424. The van der Waals surface area contributed by atoms with Gasteiger partial charge in [0.2, 0.25) is 5.95 Å². The molecule has 1 aromatic carbocycles. The minimum atomic E-state index is -0.511. The highest BCUT2D eigenvalue weighted by atomic mass is 16.7. The Morgan fingerprint density at radius 3 is 2.33 bits per heavy atom. The molecule has 42 heavy (non-hydrogen) atoms. The summed E-state index contributed by atoms with van der Waals surface area (Å²) in [6.45, 7) is 26.9. The minimum absolute atomic E-state index is 0.0616. The maximum absolute atomic E-state index is 12.7. The number of amides is 1. The summed E-state index contributed by atoms with van der Waals surface area (Å²) < 4.78 is 18.2. The molecule has 0 aliphatic carbocycles. The van der Waals surface area contributed by atoms with E-state index in [0.717, 1.165) is 54.0 Å². The first-order chi connectivity index (χ1) is 19.7. The van der Waals surface area contributed by atoms with E-state index in [2.05, 4.69) is 70.6 Å². The minimum Gasteiger partial charge on any atom is -0.444 e. The number of hydrogen-bond donors (Lipinski definition) is 1. The number of anilines is 1. The van der Waals surface area contributed by atoms with Crippen LogP contribution in [0.3, 0.4) is 0 Å². The average molecular weight is 583 g/mol. The van der Waals surface area contributed by atoms with E-state index >= 15 is 0 Å². The molecule has 0 radical (unpaired) electrons. The molecule has 0 spiro atoms. The van der Waals surface area contributed by atoms with Gasteiger partial charge in [-0.2, -0.15) is 0 Å². The van der Waals surface area contributed by atoms with Crippen molar-refractivity contribution < 1.29 is 18.8 Å². The third-order valence-corrected chi connectivity index (χ3v) is 7.64. The summed E-state index contributed by atoms with van der Waals surface area (Å²) in [5.41, 5.74) is 1.74. The van der Waals surface area contributed by atoms with E-state index in [1.807, 2.05) is 46.9 Å². The fraction of sp³-hybridized carbons (Fsp3) is 0.667. The van der Waals surface area contributed by atoms with Gasteiger partial charge in [-0.05, 0) is 91.6 Å². The van der Waals surface area contributed by atoms with Crippen LogP contribution in [-0.4, -0.2) is 64.0 Å². The van der Waals surface area contributed by atoms with Crippen LogP contribution in [0.25, 0.3) is 10.9 Å². The summed E-state index contributed by atoms with van der Waals surface area (Å²) in [6, 6.07) is 4.26. The van der Waals surface area contributed by atoms with Crippen LogP contribution in [0, 0.1) is 0 Å². The Balaban J connectivity index is 0.000000947. The number of hydrogen-bond acceptors (Lipinski definition) is 7. The number of benzene rings is 1. The Labute approximate surface area is 255 Å². The van der Waals surface area contributed by atoms with Crippen molar-refractivity contribution in [2.45, 2.75) is 131 Å². The molecule has 1 unspecified atom stereocenters. The number of nitrogens with one attached hydrogen (secondary N) is 1. The number of likely N-dealkylation sites (tertiary alicyclic amines) is 1. The van der Waals surface area contributed by atoms with Crippen LogP contribution in [0.15, 0.2) is 31.0 Å². The van der Waals surface area contributed by atoms with Gasteiger partial charge in [0.1, 0.15) is 5.60 Å². The number of nitrogens with zero attached hydrogens (tertiary/aromatic N) is 3. The van der Waals surface area contributed by atoms with Crippen molar-refractivity contribution in [1.82, 2.24) is 14.9 Å². The molecule has 1 N–H and O–H groups in total. The van der Waals surface area contributed by atoms with Gasteiger partial charge in [-0.1, -0.05) is 45.9 Å². The molecule has 0 bridgehead atoms. The zero-order valence-corrected chi connectivity index (χ0v) is 28.1. The van der Waals surface area contributed by atoms with Gasteiger partial charge >= 0.3 is 13.2 Å². The summed E-state index contributed by atoms with van der Waals surface area (Å²) in [5, 5.41) is 4.44. The fourth-order valence-corrected chi connectivity index (χ4v) is 4.63. The molecule has 2 aliphatic rings. The molecule has 2 fully saturated rings. The molecule has 1 atom stereocenters. The molecular weight excluding hydrogens is 527 g/mol. The number of ether oxygens (including phenoxy) is 1. The van der Waals surface area contributed by atoms with E-state index in [1.165, 1.54) is 0 Å². The second kappa shape index (κ2) is 15.2. The standard InChI is InChI=1S/C27H41BN4O4.C4H8.C2H6/c1-9-18-14-20(28-35-26(5,6)27(7,8)36-28)15-19-16-29-23(31-22(18)19)30-21-12-10-11-13-32(17-21)24(33)34-25(2,3)4;1-3-4-2;1-2/h14-16,21H,9-13,17H2,1-8H3,(H,29,30,31);3H,1,4H2,2H3;1-2H3. The van der Waals surface area contributed by atoms with E-state index in [4.69, 9.17) is 19.0 Å². The van der Waals surface area contributed by atoms with Crippen molar-refractivity contribution >= 4 is 35.5 Å². The second-order valence-corrected chi connectivity index (χ2v) is 12.7. The van der Waals surface area contributed by atoms with Crippen molar-refractivity contribution in [3.05, 3.63) is 36.5 Å². The Hall–Kier alpha value is -2.65. The maximum Gasteiger partial charge on any atom is 0.494 e. The van der Waals surface area contributed by atoms with E-state index in [1.54, 1.807) is 4.90 Å². The molecule has 2 aliphatic heterocycles. The van der Waals surface area contributed by atoms with Gasteiger partial charge in [-0.3, -0.25) is 0 Å². The van der Waals surface area contributed by atoms with Crippen molar-refractivity contribution in [2.24, 2.45) is 0 Å². The number of allylic oxidation sites excluding steroid dienone is 1. The smallest absolute Gasteiger partial charge is 0.444 e. The van der Waals surface area contributed by atoms with Crippen LogP contribution in [0.2, 0.25) is 0 Å². The van der Waals surface area contributed by atoms with Crippen LogP contribution in [-0.2, 0) is 20.5 Å².